The van der Waals surface area contributed by atoms with Crippen LogP contribution in [0.1, 0.15) is 39.5 Å². The second-order valence-corrected chi connectivity index (χ2v) is 9.08. The summed E-state index contributed by atoms with van der Waals surface area (Å²) in [4.78, 5) is 59.9. The summed E-state index contributed by atoms with van der Waals surface area (Å²) < 4.78 is 0. The van der Waals surface area contributed by atoms with Crippen LogP contribution in [0, 0.1) is 5.92 Å². The molecule has 0 heterocycles. The molecule has 0 aromatic heterocycles. The van der Waals surface area contributed by atoms with Crippen LogP contribution in [0.25, 0.3) is 0 Å². The maximum atomic E-state index is 12.8. The lowest BCUT2D eigenvalue weighted by molar-refractivity contribution is -0.142. The first-order chi connectivity index (χ1) is 14.9. The van der Waals surface area contributed by atoms with Gasteiger partial charge in [-0.3, -0.25) is 19.2 Å². The number of hydrogen-bond donors (Lipinski definition) is 7. The summed E-state index contributed by atoms with van der Waals surface area (Å²) in [5.74, 6) is -3.27. The molecule has 11 nitrogen and oxygen atoms in total. The van der Waals surface area contributed by atoms with E-state index >= 15 is 0 Å². The number of primary amides is 1. The fourth-order valence-electron chi connectivity index (χ4n) is 2.64. The number of carbonyl (C=O) groups is 5. The molecule has 0 fully saturated rings. The van der Waals surface area contributed by atoms with Crippen LogP contribution in [0.5, 0.6) is 0 Å². The van der Waals surface area contributed by atoms with E-state index in [0.717, 1.165) is 0 Å². The van der Waals surface area contributed by atoms with Crippen LogP contribution in [-0.2, 0) is 24.0 Å². The molecule has 0 spiro atoms. The van der Waals surface area contributed by atoms with Crippen LogP contribution in [0.2, 0.25) is 0 Å². The SMILES string of the molecule is CSCCC(N)C(=O)NC(CC(C)C)C(=O)NC(CS)C(=O)NC(CCC(N)=O)C(=O)O. The topological polar surface area (TPSA) is 194 Å². The first-order valence-corrected chi connectivity index (χ1v) is 12.2. The summed E-state index contributed by atoms with van der Waals surface area (Å²) in [6.07, 6.45) is 2.24. The van der Waals surface area contributed by atoms with Crippen molar-refractivity contribution in [1.82, 2.24) is 16.0 Å². The zero-order valence-corrected chi connectivity index (χ0v) is 20.3. The Morgan fingerprint density at radius 2 is 1.47 bits per heavy atom. The predicted octanol–water partition coefficient (Wildman–Crippen LogP) is -1.15. The van der Waals surface area contributed by atoms with Crippen LogP contribution in [0.3, 0.4) is 0 Å². The third kappa shape index (κ3) is 12.2. The molecule has 0 aliphatic rings. The van der Waals surface area contributed by atoms with Crippen molar-refractivity contribution in [2.45, 2.75) is 63.7 Å². The van der Waals surface area contributed by atoms with Crippen LogP contribution >= 0.6 is 24.4 Å². The van der Waals surface area contributed by atoms with Gasteiger partial charge in [0.2, 0.25) is 23.6 Å². The van der Waals surface area contributed by atoms with Gasteiger partial charge in [-0.15, -0.1) is 0 Å². The Labute approximate surface area is 198 Å². The molecule has 0 bridgehead atoms. The lowest BCUT2D eigenvalue weighted by Gasteiger charge is -2.25. The minimum Gasteiger partial charge on any atom is -0.480 e. The Balaban J connectivity index is 5.19. The van der Waals surface area contributed by atoms with E-state index in [1.165, 1.54) is 0 Å². The summed E-state index contributed by atoms with van der Waals surface area (Å²) in [5.41, 5.74) is 10.9. The van der Waals surface area contributed by atoms with Gasteiger partial charge in [-0.25, -0.2) is 4.79 Å². The molecule has 0 aliphatic heterocycles. The highest BCUT2D eigenvalue weighted by molar-refractivity contribution is 7.98. The molecular formula is C19H35N5O6S2. The van der Waals surface area contributed by atoms with Gasteiger partial charge in [-0.2, -0.15) is 24.4 Å². The lowest BCUT2D eigenvalue weighted by Crippen LogP contribution is -2.58. The largest absolute Gasteiger partial charge is 0.480 e. The van der Waals surface area contributed by atoms with E-state index in [2.05, 4.69) is 28.6 Å². The number of hydrogen-bond acceptors (Lipinski definition) is 8. The summed E-state index contributed by atoms with van der Waals surface area (Å²) in [7, 11) is 0. The van der Waals surface area contributed by atoms with Gasteiger partial charge in [0.05, 0.1) is 6.04 Å². The number of nitrogens with two attached hydrogens (primary N) is 2. The van der Waals surface area contributed by atoms with Gasteiger partial charge in [0, 0.05) is 12.2 Å². The smallest absolute Gasteiger partial charge is 0.326 e. The van der Waals surface area contributed by atoms with Gasteiger partial charge in [0.15, 0.2) is 0 Å². The minimum absolute atomic E-state index is 0.0574. The van der Waals surface area contributed by atoms with Crippen molar-refractivity contribution in [3.8, 4) is 0 Å². The molecule has 0 rings (SSSR count). The predicted molar refractivity (Wildman–Crippen MR) is 126 cm³/mol. The quantitative estimate of drug-likeness (QED) is 0.131. The van der Waals surface area contributed by atoms with Crippen LogP contribution < -0.4 is 27.4 Å². The summed E-state index contributed by atoms with van der Waals surface area (Å²) in [6, 6.07) is -4.20. The van der Waals surface area contributed by atoms with Crippen molar-refractivity contribution >= 4 is 54.0 Å². The van der Waals surface area contributed by atoms with E-state index in [4.69, 9.17) is 11.5 Å². The van der Waals surface area contributed by atoms with Crippen LogP contribution in [0.4, 0.5) is 0 Å². The lowest BCUT2D eigenvalue weighted by atomic mass is 10.0. The number of nitrogens with one attached hydrogen (secondary N) is 3. The van der Waals surface area contributed by atoms with E-state index in [0.29, 0.717) is 18.6 Å². The number of aliphatic carboxylic acids is 1. The Morgan fingerprint density at radius 1 is 0.938 bits per heavy atom. The second-order valence-electron chi connectivity index (χ2n) is 7.73. The Hall–Kier alpha value is -1.99. The van der Waals surface area contributed by atoms with Gasteiger partial charge >= 0.3 is 5.97 Å². The summed E-state index contributed by atoms with van der Waals surface area (Å²) in [6.45, 7) is 3.75. The molecule has 0 saturated carbocycles. The third-order valence-corrected chi connectivity index (χ3v) is 5.43. The molecule has 4 amide bonds. The number of amides is 4. The van der Waals surface area contributed by atoms with Crippen molar-refractivity contribution in [3.63, 3.8) is 0 Å². The molecule has 0 saturated heterocycles. The number of thiol groups is 1. The van der Waals surface area contributed by atoms with Gasteiger partial charge in [0.1, 0.15) is 18.1 Å². The molecule has 8 N–H and O–H groups in total. The van der Waals surface area contributed by atoms with Crippen molar-refractivity contribution in [2.24, 2.45) is 17.4 Å². The van der Waals surface area contributed by atoms with Crippen molar-refractivity contribution in [1.29, 1.82) is 0 Å². The highest BCUT2D eigenvalue weighted by Crippen LogP contribution is 2.08. The maximum absolute atomic E-state index is 12.8. The van der Waals surface area contributed by atoms with E-state index in [9.17, 15) is 29.1 Å². The Kier molecular flexibility index (Phi) is 14.8. The highest BCUT2D eigenvalue weighted by atomic mass is 32.2. The Morgan fingerprint density at radius 3 is 1.94 bits per heavy atom. The second kappa shape index (κ2) is 15.8. The van der Waals surface area contributed by atoms with E-state index in [-0.39, 0.29) is 24.5 Å². The monoisotopic (exact) mass is 493 g/mol. The molecule has 32 heavy (non-hydrogen) atoms. The highest BCUT2D eigenvalue weighted by Gasteiger charge is 2.30. The average molecular weight is 494 g/mol. The van der Waals surface area contributed by atoms with Crippen molar-refractivity contribution in [3.05, 3.63) is 0 Å². The van der Waals surface area contributed by atoms with Gasteiger partial charge in [-0.1, -0.05) is 13.8 Å². The summed E-state index contributed by atoms with van der Waals surface area (Å²) >= 11 is 5.61. The molecule has 4 unspecified atom stereocenters. The number of rotatable bonds is 16. The standard InChI is InChI=1S/C19H35N5O6S2/c1-10(2)8-13(23-16(26)11(20)6-7-32-3)17(27)24-14(9-31)18(28)22-12(19(29)30)4-5-15(21)25/h10-14,31H,4-9,20H2,1-3H3,(H2,21,25)(H,22,28)(H,23,26)(H,24,27)(H,29,30). The number of carboxylic acids is 1. The van der Waals surface area contributed by atoms with Crippen molar-refractivity contribution < 1.29 is 29.1 Å². The molecule has 0 aromatic carbocycles. The average Bonchev–Trinajstić information content (AvgIpc) is 2.71. The first kappa shape index (κ1) is 30.0. The van der Waals surface area contributed by atoms with Crippen LogP contribution in [-0.4, -0.2) is 76.6 Å². The normalized spacial score (nSPS) is 14.7. The zero-order chi connectivity index (χ0) is 24.8. The van der Waals surface area contributed by atoms with Gasteiger partial charge < -0.3 is 32.5 Å². The Bertz CT molecular complexity index is 664. The number of carbonyl (C=O) groups excluding carboxylic acids is 4. The molecule has 184 valence electrons. The summed E-state index contributed by atoms with van der Waals surface area (Å²) in [5, 5.41) is 16.6. The fourth-order valence-corrected chi connectivity index (χ4v) is 3.39. The van der Waals surface area contributed by atoms with E-state index in [1.807, 2.05) is 20.1 Å². The van der Waals surface area contributed by atoms with E-state index in [1.54, 1.807) is 11.8 Å². The van der Waals surface area contributed by atoms with Gasteiger partial charge in [0.25, 0.3) is 0 Å². The number of thioether (sulfide) groups is 1. The minimum atomic E-state index is -1.35. The first-order valence-electron chi connectivity index (χ1n) is 10.2. The molecule has 0 aliphatic carbocycles. The van der Waals surface area contributed by atoms with E-state index < -0.39 is 53.8 Å². The third-order valence-electron chi connectivity index (χ3n) is 4.42. The molecule has 0 aromatic rings. The zero-order valence-electron chi connectivity index (χ0n) is 18.6. The fraction of sp³-hybridized carbons (Fsp3) is 0.737. The molecule has 13 heteroatoms. The van der Waals surface area contributed by atoms with Crippen molar-refractivity contribution in [2.75, 3.05) is 17.8 Å². The van der Waals surface area contributed by atoms with Crippen LogP contribution in [0.15, 0.2) is 0 Å². The molecule has 4 atom stereocenters. The van der Waals surface area contributed by atoms with Gasteiger partial charge in [-0.05, 0) is 37.2 Å². The number of carboxylic acid groups (broad SMARTS) is 1. The molecular weight excluding hydrogens is 458 g/mol. The molecule has 0 radical (unpaired) electrons. The maximum Gasteiger partial charge on any atom is 0.326 e.